The first-order valence-corrected chi connectivity index (χ1v) is 12.5. The van der Waals surface area contributed by atoms with Gasteiger partial charge < -0.3 is 5.32 Å². The summed E-state index contributed by atoms with van der Waals surface area (Å²) in [4.78, 5) is 13.3. The highest BCUT2D eigenvalue weighted by molar-refractivity contribution is 7.92. The van der Waals surface area contributed by atoms with E-state index in [0.717, 1.165) is 15.4 Å². The van der Waals surface area contributed by atoms with Gasteiger partial charge in [-0.05, 0) is 54.4 Å². The van der Waals surface area contributed by atoms with E-state index in [4.69, 9.17) is 11.6 Å². The van der Waals surface area contributed by atoms with Crippen LogP contribution in [-0.4, -0.2) is 20.9 Å². The molecular weight excluding hydrogens is 468 g/mol. The molecule has 0 atom stereocenters. The maximum absolute atomic E-state index is 13.6. The van der Waals surface area contributed by atoms with Crippen molar-refractivity contribution in [2.24, 2.45) is 0 Å². The third-order valence-electron chi connectivity index (χ3n) is 5.33. The van der Waals surface area contributed by atoms with Gasteiger partial charge in [0.1, 0.15) is 6.54 Å². The summed E-state index contributed by atoms with van der Waals surface area (Å²) in [6, 6.07) is 30.0. The van der Waals surface area contributed by atoms with E-state index in [9.17, 15) is 13.2 Å². The number of aryl methyl sites for hydroxylation is 1. The van der Waals surface area contributed by atoms with Crippen molar-refractivity contribution in [3.05, 3.63) is 114 Å². The summed E-state index contributed by atoms with van der Waals surface area (Å²) in [6.07, 6.45) is 0. The van der Waals surface area contributed by atoms with Crippen LogP contribution in [-0.2, 0) is 14.8 Å². The fourth-order valence-corrected chi connectivity index (χ4v) is 5.43. The number of nitrogens with one attached hydrogen (secondary N) is 1. The molecule has 0 spiro atoms. The van der Waals surface area contributed by atoms with Gasteiger partial charge in [0.2, 0.25) is 5.91 Å². The van der Waals surface area contributed by atoms with Gasteiger partial charge in [-0.3, -0.25) is 9.10 Å². The Labute approximate surface area is 204 Å². The van der Waals surface area contributed by atoms with Crippen LogP contribution in [0.25, 0.3) is 11.1 Å². The quantitative estimate of drug-likeness (QED) is 0.338. The van der Waals surface area contributed by atoms with Gasteiger partial charge in [0.15, 0.2) is 0 Å². The minimum atomic E-state index is -4.01. The smallest absolute Gasteiger partial charge is 0.264 e. The fraction of sp³-hybridized carbons (Fsp3) is 0.0741. The zero-order valence-corrected chi connectivity index (χ0v) is 20.1. The lowest BCUT2D eigenvalue weighted by molar-refractivity contribution is -0.114. The molecule has 7 heteroatoms. The maximum Gasteiger partial charge on any atom is 0.264 e. The van der Waals surface area contributed by atoms with Gasteiger partial charge >= 0.3 is 0 Å². The number of halogens is 1. The third-order valence-corrected chi connectivity index (χ3v) is 7.34. The zero-order valence-electron chi connectivity index (χ0n) is 18.5. The highest BCUT2D eigenvalue weighted by atomic mass is 35.5. The number of hydrogen-bond acceptors (Lipinski definition) is 3. The van der Waals surface area contributed by atoms with Gasteiger partial charge in [-0.2, -0.15) is 0 Å². The molecule has 4 aromatic rings. The molecule has 34 heavy (non-hydrogen) atoms. The molecule has 0 aromatic heterocycles. The average molecular weight is 491 g/mol. The van der Waals surface area contributed by atoms with Crippen LogP contribution in [0.5, 0.6) is 0 Å². The van der Waals surface area contributed by atoms with E-state index in [1.54, 1.807) is 49.4 Å². The lowest BCUT2D eigenvalue weighted by Crippen LogP contribution is -2.38. The Kier molecular flexibility index (Phi) is 7.01. The van der Waals surface area contributed by atoms with E-state index >= 15 is 0 Å². The van der Waals surface area contributed by atoms with Crippen LogP contribution >= 0.6 is 11.6 Å². The first-order valence-electron chi connectivity index (χ1n) is 10.6. The highest BCUT2D eigenvalue weighted by Gasteiger charge is 2.28. The van der Waals surface area contributed by atoms with Crippen LogP contribution in [0.2, 0.25) is 5.02 Å². The number of anilines is 2. The summed E-state index contributed by atoms with van der Waals surface area (Å²) in [7, 11) is -4.01. The predicted octanol–water partition coefficient (Wildman–Crippen LogP) is 6.15. The molecule has 1 N–H and O–H groups in total. The Morgan fingerprint density at radius 1 is 0.853 bits per heavy atom. The molecule has 0 aliphatic heterocycles. The molecule has 0 unspecified atom stereocenters. The molecule has 4 aromatic carbocycles. The number of nitrogens with zero attached hydrogens (tertiary/aromatic N) is 1. The third kappa shape index (κ3) is 5.14. The Morgan fingerprint density at radius 3 is 2.15 bits per heavy atom. The van der Waals surface area contributed by atoms with Crippen molar-refractivity contribution in [1.29, 1.82) is 0 Å². The summed E-state index contributed by atoms with van der Waals surface area (Å²) >= 11 is 6.09. The van der Waals surface area contributed by atoms with Crippen LogP contribution in [0.15, 0.2) is 108 Å². The first-order chi connectivity index (χ1) is 16.4. The van der Waals surface area contributed by atoms with Crippen molar-refractivity contribution in [2.75, 3.05) is 16.2 Å². The van der Waals surface area contributed by atoms with Gasteiger partial charge in [0.25, 0.3) is 10.0 Å². The lowest BCUT2D eigenvalue weighted by Gasteiger charge is -2.26. The number of carbonyl (C=O) groups excluding carboxylic acids is 1. The minimum Gasteiger partial charge on any atom is -0.324 e. The number of carbonyl (C=O) groups is 1. The van der Waals surface area contributed by atoms with Gasteiger partial charge in [0.05, 0.1) is 10.6 Å². The van der Waals surface area contributed by atoms with Gasteiger partial charge in [-0.25, -0.2) is 8.42 Å². The second-order valence-electron chi connectivity index (χ2n) is 7.72. The number of sulfonamides is 1. The van der Waals surface area contributed by atoms with Crippen molar-refractivity contribution in [3.8, 4) is 11.1 Å². The summed E-state index contributed by atoms with van der Waals surface area (Å²) in [5.74, 6) is -0.461. The van der Waals surface area contributed by atoms with E-state index in [1.165, 1.54) is 12.1 Å². The van der Waals surface area contributed by atoms with Crippen molar-refractivity contribution in [2.45, 2.75) is 11.8 Å². The first kappa shape index (κ1) is 23.5. The summed E-state index contributed by atoms with van der Waals surface area (Å²) < 4.78 is 28.2. The molecule has 0 aliphatic carbocycles. The van der Waals surface area contributed by atoms with E-state index in [0.29, 0.717) is 22.0 Å². The Balaban J connectivity index is 1.69. The number of hydrogen-bond donors (Lipinski definition) is 1. The highest BCUT2D eigenvalue weighted by Crippen LogP contribution is 2.30. The zero-order chi connectivity index (χ0) is 24.1. The van der Waals surface area contributed by atoms with E-state index in [2.05, 4.69) is 5.32 Å². The molecule has 1 amide bonds. The Bertz CT molecular complexity index is 1410. The molecule has 5 nitrogen and oxygen atoms in total. The van der Waals surface area contributed by atoms with Gasteiger partial charge in [-0.15, -0.1) is 0 Å². The molecule has 0 saturated carbocycles. The van der Waals surface area contributed by atoms with E-state index < -0.39 is 22.5 Å². The Morgan fingerprint density at radius 2 is 1.47 bits per heavy atom. The Hall–Kier alpha value is -3.61. The van der Waals surface area contributed by atoms with Crippen LogP contribution in [0.4, 0.5) is 11.4 Å². The standard InChI is InChI=1S/C27H23ClN2O3S/c1-20-18-22(28)16-17-26(20)30(34(32,33)23-12-6-3-7-13-23)19-27(31)29-25-15-9-8-14-24(25)21-10-4-2-5-11-21/h2-18H,19H2,1H3,(H,29,31). The summed E-state index contributed by atoms with van der Waals surface area (Å²) in [6.45, 7) is 1.36. The predicted molar refractivity (Wildman–Crippen MR) is 138 cm³/mol. The minimum absolute atomic E-state index is 0.0989. The molecule has 0 saturated heterocycles. The largest absolute Gasteiger partial charge is 0.324 e. The SMILES string of the molecule is Cc1cc(Cl)ccc1N(CC(=O)Nc1ccccc1-c1ccccc1)S(=O)(=O)c1ccccc1. The maximum atomic E-state index is 13.6. The molecule has 0 heterocycles. The van der Waals surface area contributed by atoms with Crippen LogP contribution in [0.3, 0.4) is 0 Å². The fourth-order valence-electron chi connectivity index (χ4n) is 3.70. The molecule has 0 aliphatic rings. The van der Waals surface area contributed by atoms with Crippen molar-refractivity contribution < 1.29 is 13.2 Å². The molecule has 0 fully saturated rings. The lowest BCUT2D eigenvalue weighted by atomic mass is 10.0. The number of benzene rings is 4. The van der Waals surface area contributed by atoms with E-state index in [-0.39, 0.29) is 4.90 Å². The average Bonchev–Trinajstić information content (AvgIpc) is 2.84. The summed E-state index contributed by atoms with van der Waals surface area (Å²) in [5, 5.41) is 3.38. The van der Waals surface area contributed by atoms with Gasteiger partial charge in [-0.1, -0.05) is 78.3 Å². The molecule has 0 radical (unpaired) electrons. The van der Waals surface area contributed by atoms with Crippen LogP contribution in [0, 0.1) is 6.92 Å². The van der Waals surface area contributed by atoms with Gasteiger partial charge in [0, 0.05) is 16.3 Å². The number of amides is 1. The monoisotopic (exact) mass is 490 g/mol. The van der Waals surface area contributed by atoms with Crippen molar-refractivity contribution >= 4 is 38.9 Å². The molecule has 4 rings (SSSR count). The van der Waals surface area contributed by atoms with Crippen molar-refractivity contribution in [1.82, 2.24) is 0 Å². The number of para-hydroxylation sites is 1. The second-order valence-corrected chi connectivity index (χ2v) is 10.0. The van der Waals surface area contributed by atoms with Crippen LogP contribution in [0.1, 0.15) is 5.56 Å². The van der Waals surface area contributed by atoms with Crippen molar-refractivity contribution in [3.63, 3.8) is 0 Å². The summed E-state index contributed by atoms with van der Waals surface area (Å²) in [5.41, 5.74) is 3.42. The van der Waals surface area contributed by atoms with Crippen LogP contribution < -0.4 is 9.62 Å². The second kappa shape index (κ2) is 10.1. The molecule has 172 valence electrons. The number of rotatable bonds is 7. The van der Waals surface area contributed by atoms with E-state index in [1.807, 2.05) is 48.5 Å². The normalized spacial score (nSPS) is 11.1. The molecular formula is C27H23ClN2O3S. The topological polar surface area (TPSA) is 66.5 Å². The molecule has 0 bridgehead atoms.